The van der Waals surface area contributed by atoms with Crippen molar-refractivity contribution < 1.29 is 4.40 Å². The van der Waals surface area contributed by atoms with E-state index in [-0.39, 0.29) is 0 Å². The number of rotatable bonds is 8. The minimum Gasteiger partial charge on any atom is -0.346 e. The fourth-order valence-electron chi connectivity index (χ4n) is 5.17. The zero-order valence-electron chi connectivity index (χ0n) is 23.0. The Morgan fingerprint density at radius 1 is 0.927 bits per heavy atom. The molecule has 7 rings (SSSR count). The van der Waals surface area contributed by atoms with Gasteiger partial charge in [0.2, 0.25) is 0 Å². The lowest BCUT2D eigenvalue weighted by atomic mass is 10.1. The standard InChI is InChI=1S/C32H30N9/c1-22-17-35-30(37-22)12-14-33-18-23-8-10-26(11-9-23)41-32-27-16-25(24-6-4-3-5-7-24)19-34-28(27)13-15-40(32)31(38-41)29-20-39(2)21-36-29/h3-11,13,15-17,19-21,33H,12,14,18H2,1-2H3,(H,35,37)/q+1. The molecule has 9 heteroatoms. The van der Waals surface area contributed by atoms with E-state index < -0.39 is 0 Å². The lowest BCUT2D eigenvalue weighted by molar-refractivity contribution is -0.498. The predicted molar refractivity (Wildman–Crippen MR) is 158 cm³/mol. The maximum absolute atomic E-state index is 5.09. The van der Waals surface area contributed by atoms with Crippen molar-refractivity contribution in [2.45, 2.75) is 19.9 Å². The van der Waals surface area contributed by atoms with Gasteiger partial charge in [-0.05, 0) is 42.3 Å². The van der Waals surface area contributed by atoms with Crippen LogP contribution in [0.4, 0.5) is 0 Å². The number of nitrogens with zero attached hydrogens (tertiary/aromatic N) is 7. The number of hydrogen-bond acceptors (Lipinski definition) is 5. The molecule has 0 aliphatic carbocycles. The van der Waals surface area contributed by atoms with Crippen LogP contribution in [-0.2, 0) is 20.0 Å². The Hall–Kier alpha value is -5.15. The van der Waals surface area contributed by atoms with E-state index in [1.807, 2.05) is 72.3 Å². The maximum atomic E-state index is 5.09. The zero-order valence-corrected chi connectivity index (χ0v) is 23.0. The van der Waals surface area contributed by atoms with Gasteiger partial charge < -0.3 is 14.9 Å². The molecule has 0 saturated heterocycles. The molecule has 9 nitrogen and oxygen atoms in total. The van der Waals surface area contributed by atoms with E-state index >= 15 is 0 Å². The highest BCUT2D eigenvalue weighted by Crippen LogP contribution is 2.27. The van der Waals surface area contributed by atoms with Crippen LogP contribution in [0.3, 0.4) is 0 Å². The van der Waals surface area contributed by atoms with Crippen LogP contribution in [0.25, 0.3) is 44.9 Å². The van der Waals surface area contributed by atoms with Gasteiger partial charge >= 0.3 is 5.82 Å². The Labute approximate surface area is 237 Å². The third-order valence-corrected chi connectivity index (χ3v) is 7.24. The number of H-pyrrole nitrogens is 1. The monoisotopic (exact) mass is 540 g/mol. The molecule has 0 unspecified atom stereocenters. The highest BCUT2D eigenvalue weighted by molar-refractivity contribution is 5.93. The van der Waals surface area contributed by atoms with Crippen molar-refractivity contribution in [3.05, 3.63) is 115 Å². The summed E-state index contributed by atoms with van der Waals surface area (Å²) < 4.78 is 6.04. The minimum atomic E-state index is 0.770. The highest BCUT2D eigenvalue weighted by atomic mass is 15.4. The smallest absolute Gasteiger partial charge is 0.334 e. The molecule has 0 atom stereocenters. The normalized spacial score (nSPS) is 11.6. The van der Waals surface area contributed by atoms with Gasteiger partial charge in [0.05, 0.1) is 28.5 Å². The third kappa shape index (κ3) is 4.87. The molecule has 0 fully saturated rings. The van der Waals surface area contributed by atoms with Crippen LogP contribution < -0.4 is 9.72 Å². The van der Waals surface area contributed by atoms with Crippen LogP contribution in [0, 0.1) is 6.92 Å². The second-order valence-corrected chi connectivity index (χ2v) is 10.3. The lowest BCUT2D eigenvalue weighted by Crippen LogP contribution is -2.22. The van der Waals surface area contributed by atoms with Gasteiger partial charge in [0.1, 0.15) is 11.5 Å². The Morgan fingerprint density at radius 3 is 2.54 bits per heavy atom. The number of hydrogen-bond donors (Lipinski definition) is 2. The molecule has 5 aromatic heterocycles. The van der Waals surface area contributed by atoms with E-state index in [9.17, 15) is 0 Å². The van der Waals surface area contributed by atoms with Gasteiger partial charge in [-0.25, -0.2) is 9.97 Å². The first-order chi connectivity index (χ1) is 20.1. The first kappa shape index (κ1) is 24.9. The molecule has 0 amide bonds. The molecule has 5 heterocycles. The number of imidazole rings is 2. The van der Waals surface area contributed by atoms with E-state index in [0.29, 0.717) is 0 Å². The number of aryl methyl sites for hydroxylation is 2. The number of nitrogens with one attached hydrogen (secondary N) is 2. The molecule has 0 aliphatic rings. The molecule has 0 aliphatic heterocycles. The van der Waals surface area contributed by atoms with Gasteiger partial charge in [0, 0.05) is 56.4 Å². The topological polar surface area (TPSA) is 93.3 Å². The summed E-state index contributed by atoms with van der Waals surface area (Å²) in [5.41, 5.74) is 8.10. The van der Waals surface area contributed by atoms with Gasteiger partial charge in [0.15, 0.2) is 5.69 Å². The van der Waals surface area contributed by atoms with Crippen LogP contribution in [-0.4, -0.2) is 40.8 Å². The Morgan fingerprint density at radius 2 is 1.78 bits per heavy atom. The van der Waals surface area contributed by atoms with E-state index in [2.05, 4.69) is 67.1 Å². The number of benzene rings is 2. The summed E-state index contributed by atoms with van der Waals surface area (Å²) in [6, 6.07) is 23.1. The summed E-state index contributed by atoms with van der Waals surface area (Å²) in [6.07, 6.45) is 10.5. The number of aromatic nitrogens is 8. The number of aromatic amines is 1. The van der Waals surface area contributed by atoms with Gasteiger partial charge in [-0.2, -0.15) is 4.40 Å². The van der Waals surface area contributed by atoms with Crippen molar-refractivity contribution in [1.29, 1.82) is 0 Å². The van der Waals surface area contributed by atoms with Crippen LogP contribution >= 0.6 is 0 Å². The van der Waals surface area contributed by atoms with Crippen molar-refractivity contribution in [2.24, 2.45) is 7.05 Å². The zero-order chi connectivity index (χ0) is 27.8. The molecule has 202 valence electrons. The molecule has 41 heavy (non-hydrogen) atoms. The molecule has 0 spiro atoms. The van der Waals surface area contributed by atoms with Gasteiger partial charge in [-0.1, -0.05) is 47.1 Å². The summed E-state index contributed by atoms with van der Waals surface area (Å²) in [4.78, 5) is 17.1. The number of pyridine rings is 2. The molecule has 2 aromatic carbocycles. The molecule has 7 aromatic rings. The van der Waals surface area contributed by atoms with Crippen molar-refractivity contribution in [1.82, 2.24) is 39.6 Å². The van der Waals surface area contributed by atoms with E-state index in [1.165, 1.54) is 5.56 Å². The molecule has 0 radical (unpaired) electrons. The summed E-state index contributed by atoms with van der Waals surface area (Å²) >= 11 is 0. The maximum Gasteiger partial charge on any atom is 0.334 e. The summed E-state index contributed by atoms with van der Waals surface area (Å²) in [5, 5.41) is 9.62. The van der Waals surface area contributed by atoms with E-state index in [4.69, 9.17) is 10.1 Å². The summed E-state index contributed by atoms with van der Waals surface area (Å²) in [5.74, 6) is 1.78. The largest absolute Gasteiger partial charge is 0.346 e. The SMILES string of the molecule is Cc1cnc(CCNCc2ccc(-n3nc(-c4cn(C)cn4)[n+]4ccc5ncc(-c6ccccc6)cc5c34)cc2)[nH]1. The van der Waals surface area contributed by atoms with Gasteiger partial charge in [-0.15, -0.1) is 0 Å². The first-order valence-electron chi connectivity index (χ1n) is 13.7. The Balaban J connectivity index is 1.26. The van der Waals surface area contributed by atoms with Crippen LogP contribution in [0.15, 0.2) is 97.8 Å². The highest BCUT2D eigenvalue weighted by Gasteiger charge is 2.27. The molecular weight excluding hydrogens is 510 g/mol. The van der Waals surface area contributed by atoms with Crippen molar-refractivity contribution in [2.75, 3.05) is 6.54 Å². The molecule has 2 N–H and O–H groups in total. The van der Waals surface area contributed by atoms with Gasteiger partial charge in [0.25, 0.3) is 5.65 Å². The average Bonchev–Trinajstić information content (AvgIpc) is 3.74. The fraction of sp³-hybridized carbons (Fsp3) is 0.156. The van der Waals surface area contributed by atoms with Crippen molar-refractivity contribution in [3.63, 3.8) is 0 Å². The third-order valence-electron chi connectivity index (χ3n) is 7.24. The molecular formula is C32H30N9+. The van der Waals surface area contributed by atoms with Crippen molar-refractivity contribution in [3.8, 4) is 28.3 Å². The second kappa shape index (κ2) is 10.4. The Kier molecular flexibility index (Phi) is 6.33. The molecule has 0 bridgehead atoms. The summed E-state index contributed by atoms with van der Waals surface area (Å²) in [6.45, 7) is 3.65. The van der Waals surface area contributed by atoms with E-state index in [1.54, 1.807) is 6.33 Å². The van der Waals surface area contributed by atoms with Gasteiger partial charge in [-0.3, -0.25) is 4.98 Å². The first-order valence-corrected chi connectivity index (χ1v) is 13.7. The predicted octanol–water partition coefficient (Wildman–Crippen LogP) is 4.59. The minimum absolute atomic E-state index is 0.770. The van der Waals surface area contributed by atoms with Crippen LogP contribution in [0.2, 0.25) is 0 Å². The lowest BCUT2D eigenvalue weighted by Gasteiger charge is -2.06. The van der Waals surface area contributed by atoms with Crippen LogP contribution in [0.5, 0.6) is 0 Å². The van der Waals surface area contributed by atoms with E-state index in [0.717, 1.165) is 75.9 Å². The quantitative estimate of drug-likeness (QED) is 0.217. The number of fused-ring (bicyclic) bond motifs is 3. The van der Waals surface area contributed by atoms with Crippen molar-refractivity contribution >= 4 is 16.6 Å². The molecule has 0 saturated carbocycles. The summed E-state index contributed by atoms with van der Waals surface area (Å²) in [7, 11) is 1.97. The fourth-order valence-corrected chi connectivity index (χ4v) is 5.17. The average molecular weight is 541 g/mol. The van der Waals surface area contributed by atoms with Crippen LogP contribution in [0.1, 0.15) is 17.1 Å². The Bertz CT molecular complexity index is 1960. The second-order valence-electron chi connectivity index (χ2n) is 10.3.